The first-order valence-electron chi connectivity index (χ1n) is 7.46. The first-order valence-corrected chi connectivity index (χ1v) is 8.34. The Morgan fingerprint density at radius 3 is 2.67 bits per heavy atom. The number of H-pyrrole nitrogens is 1. The number of aromatic amines is 1. The maximum atomic E-state index is 12.5. The Balaban J connectivity index is 2.31. The first kappa shape index (κ1) is 17.8. The van der Waals surface area contributed by atoms with Crippen LogP contribution >= 0.6 is 11.8 Å². The Bertz CT molecular complexity index is 756. The average Bonchev–Trinajstić information content (AvgIpc) is 2.93. The van der Waals surface area contributed by atoms with Crippen LogP contribution in [-0.2, 0) is 11.3 Å². The van der Waals surface area contributed by atoms with E-state index in [9.17, 15) is 14.4 Å². The van der Waals surface area contributed by atoms with E-state index in [4.69, 9.17) is 0 Å². The van der Waals surface area contributed by atoms with Crippen LogP contribution in [-0.4, -0.2) is 33.8 Å². The lowest BCUT2D eigenvalue weighted by Crippen LogP contribution is -2.39. The van der Waals surface area contributed by atoms with Crippen LogP contribution in [0.3, 0.4) is 0 Å². The number of amides is 3. The summed E-state index contributed by atoms with van der Waals surface area (Å²) in [7, 11) is 1.43. The number of hydrogen-bond donors (Lipinski definition) is 3. The molecule has 9 heteroatoms. The number of nitrogens with zero attached hydrogens (tertiary/aromatic N) is 2. The molecule has 1 atom stereocenters. The van der Waals surface area contributed by atoms with Crippen LogP contribution in [0.2, 0.25) is 0 Å². The summed E-state index contributed by atoms with van der Waals surface area (Å²) in [5.74, 6) is -0.482. The van der Waals surface area contributed by atoms with Gasteiger partial charge in [-0.15, -0.1) is 5.10 Å². The molecular weight excluding hydrogens is 330 g/mol. The van der Waals surface area contributed by atoms with Gasteiger partial charge < -0.3 is 5.32 Å². The summed E-state index contributed by atoms with van der Waals surface area (Å²) in [6, 6.07) is 8.43. The molecule has 0 radical (unpaired) electrons. The van der Waals surface area contributed by atoms with Gasteiger partial charge in [0.2, 0.25) is 5.91 Å². The number of urea groups is 1. The fourth-order valence-electron chi connectivity index (χ4n) is 2.06. The zero-order chi connectivity index (χ0) is 17.5. The Morgan fingerprint density at radius 2 is 2.04 bits per heavy atom. The summed E-state index contributed by atoms with van der Waals surface area (Å²) in [4.78, 5) is 35.7. The largest absolute Gasteiger partial charge is 0.343 e. The molecule has 0 aliphatic carbocycles. The van der Waals surface area contributed by atoms with Crippen molar-refractivity contribution in [1.29, 1.82) is 0 Å². The molecule has 0 saturated heterocycles. The van der Waals surface area contributed by atoms with Crippen molar-refractivity contribution in [2.24, 2.45) is 0 Å². The SMILES string of the molecule is CCCn1c(SC(C(=O)NC(=O)NC)c2ccccc2)n[nH]c1=O. The van der Waals surface area contributed by atoms with Crippen LogP contribution in [0.25, 0.3) is 0 Å². The molecule has 3 N–H and O–H groups in total. The van der Waals surface area contributed by atoms with Crippen LogP contribution in [0.5, 0.6) is 0 Å². The Kier molecular flexibility index (Phi) is 6.19. The molecular formula is C15H19N5O3S. The molecule has 1 heterocycles. The van der Waals surface area contributed by atoms with Gasteiger partial charge in [0.15, 0.2) is 5.16 Å². The lowest BCUT2D eigenvalue weighted by molar-refractivity contribution is -0.119. The van der Waals surface area contributed by atoms with Crippen LogP contribution in [0, 0.1) is 0 Å². The third-order valence-corrected chi connectivity index (χ3v) is 4.44. The highest BCUT2D eigenvalue weighted by molar-refractivity contribution is 8.00. The molecule has 0 fully saturated rings. The lowest BCUT2D eigenvalue weighted by atomic mass is 10.1. The third kappa shape index (κ3) is 4.25. The molecule has 1 aromatic carbocycles. The average molecular weight is 349 g/mol. The van der Waals surface area contributed by atoms with Gasteiger partial charge in [-0.2, -0.15) is 0 Å². The summed E-state index contributed by atoms with van der Waals surface area (Å²) in [5.41, 5.74) is 0.389. The first-order chi connectivity index (χ1) is 11.6. The predicted octanol–water partition coefficient (Wildman–Crippen LogP) is 1.27. The second kappa shape index (κ2) is 8.34. The minimum atomic E-state index is -0.714. The number of nitrogens with one attached hydrogen (secondary N) is 3. The fraction of sp³-hybridized carbons (Fsp3) is 0.333. The molecule has 8 nitrogen and oxygen atoms in total. The Hall–Kier alpha value is -2.55. The van der Waals surface area contributed by atoms with Gasteiger partial charge in [-0.05, 0) is 12.0 Å². The van der Waals surface area contributed by atoms with Crippen LogP contribution in [0.1, 0.15) is 24.2 Å². The van der Waals surface area contributed by atoms with Crippen molar-refractivity contribution in [3.8, 4) is 0 Å². The van der Waals surface area contributed by atoms with Crippen LogP contribution in [0.15, 0.2) is 40.3 Å². The molecule has 2 rings (SSSR count). The van der Waals surface area contributed by atoms with E-state index in [-0.39, 0.29) is 5.69 Å². The maximum Gasteiger partial charge on any atom is 0.343 e. The van der Waals surface area contributed by atoms with E-state index in [0.717, 1.165) is 18.2 Å². The predicted molar refractivity (Wildman–Crippen MR) is 90.8 cm³/mol. The maximum absolute atomic E-state index is 12.5. The Labute approximate surface area is 143 Å². The molecule has 128 valence electrons. The molecule has 24 heavy (non-hydrogen) atoms. The summed E-state index contributed by atoms with van der Waals surface area (Å²) < 4.78 is 1.48. The van der Waals surface area contributed by atoms with Gasteiger partial charge in [0.25, 0.3) is 0 Å². The number of thioether (sulfide) groups is 1. The molecule has 3 amide bonds. The van der Waals surface area contributed by atoms with E-state index in [1.54, 1.807) is 24.3 Å². The fourth-order valence-corrected chi connectivity index (χ4v) is 3.13. The molecule has 1 unspecified atom stereocenters. The van der Waals surface area contributed by atoms with E-state index < -0.39 is 17.2 Å². The van der Waals surface area contributed by atoms with Crippen molar-refractivity contribution in [3.63, 3.8) is 0 Å². The molecule has 1 aromatic heterocycles. The number of carbonyl (C=O) groups excluding carboxylic acids is 2. The number of carbonyl (C=O) groups is 2. The standard InChI is InChI=1S/C15H19N5O3S/c1-3-9-20-14(23)18-19-15(20)24-11(10-7-5-4-6-8-10)12(21)17-13(22)16-2/h4-8,11H,3,9H2,1-2H3,(H,18,23)(H2,16,17,21,22). The highest BCUT2D eigenvalue weighted by Crippen LogP contribution is 2.33. The van der Waals surface area contributed by atoms with Gasteiger partial charge in [0, 0.05) is 13.6 Å². The van der Waals surface area contributed by atoms with Gasteiger partial charge in [-0.1, -0.05) is 49.0 Å². The molecule has 0 spiro atoms. The normalized spacial score (nSPS) is 11.8. The van der Waals surface area contributed by atoms with Crippen molar-refractivity contribution in [1.82, 2.24) is 25.4 Å². The summed E-state index contributed by atoms with van der Waals surface area (Å²) >= 11 is 1.12. The zero-order valence-corrected chi connectivity index (χ0v) is 14.2. The summed E-state index contributed by atoms with van der Waals surface area (Å²) in [5, 5.41) is 10.7. The van der Waals surface area contributed by atoms with Crippen molar-refractivity contribution in [3.05, 3.63) is 46.4 Å². The lowest BCUT2D eigenvalue weighted by Gasteiger charge is -2.16. The molecule has 0 bridgehead atoms. The highest BCUT2D eigenvalue weighted by Gasteiger charge is 2.26. The van der Waals surface area contributed by atoms with E-state index in [1.807, 2.05) is 13.0 Å². The van der Waals surface area contributed by atoms with E-state index in [0.29, 0.717) is 17.3 Å². The molecule has 2 aromatic rings. The smallest absolute Gasteiger partial charge is 0.341 e. The van der Waals surface area contributed by atoms with Crippen molar-refractivity contribution in [2.45, 2.75) is 30.3 Å². The van der Waals surface area contributed by atoms with E-state index >= 15 is 0 Å². The zero-order valence-electron chi connectivity index (χ0n) is 13.4. The number of benzene rings is 1. The minimum Gasteiger partial charge on any atom is -0.341 e. The van der Waals surface area contributed by atoms with E-state index in [2.05, 4.69) is 20.8 Å². The van der Waals surface area contributed by atoms with Gasteiger partial charge in [0.05, 0.1) is 0 Å². The van der Waals surface area contributed by atoms with Gasteiger partial charge in [-0.3, -0.25) is 14.7 Å². The number of hydrogen-bond acceptors (Lipinski definition) is 5. The van der Waals surface area contributed by atoms with Gasteiger partial charge in [0.1, 0.15) is 5.25 Å². The Morgan fingerprint density at radius 1 is 1.33 bits per heavy atom. The second-order valence-corrected chi connectivity index (χ2v) is 6.01. The van der Waals surface area contributed by atoms with Crippen molar-refractivity contribution < 1.29 is 9.59 Å². The van der Waals surface area contributed by atoms with Crippen LogP contribution < -0.4 is 16.3 Å². The number of rotatable bonds is 6. The summed E-state index contributed by atoms with van der Waals surface area (Å²) in [6.45, 7) is 2.44. The van der Waals surface area contributed by atoms with Crippen molar-refractivity contribution in [2.75, 3.05) is 7.05 Å². The number of imide groups is 1. The van der Waals surface area contributed by atoms with Crippen LogP contribution in [0.4, 0.5) is 4.79 Å². The van der Waals surface area contributed by atoms with Gasteiger partial charge >= 0.3 is 11.7 Å². The molecule has 0 aliphatic heterocycles. The van der Waals surface area contributed by atoms with Gasteiger partial charge in [-0.25, -0.2) is 14.7 Å². The third-order valence-electron chi connectivity index (χ3n) is 3.20. The highest BCUT2D eigenvalue weighted by atomic mass is 32.2. The topological polar surface area (TPSA) is 109 Å². The molecule has 0 aliphatic rings. The quantitative estimate of drug-likeness (QED) is 0.681. The second-order valence-electron chi connectivity index (χ2n) is 4.94. The number of aromatic nitrogens is 3. The van der Waals surface area contributed by atoms with E-state index in [1.165, 1.54) is 11.6 Å². The van der Waals surface area contributed by atoms with Crippen molar-refractivity contribution >= 4 is 23.7 Å². The summed E-state index contributed by atoms with van der Waals surface area (Å²) in [6.07, 6.45) is 0.757. The monoisotopic (exact) mass is 349 g/mol. The minimum absolute atomic E-state index is 0.321. The molecule has 0 saturated carbocycles.